The van der Waals surface area contributed by atoms with E-state index >= 15 is 0 Å². The Kier molecular flexibility index (Phi) is 6.37. The van der Waals surface area contributed by atoms with Crippen molar-refractivity contribution in [1.82, 2.24) is 0 Å². The fraction of sp³-hybridized carbons (Fsp3) is 0.400. The summed E-state index contributed by atoms with van der Waals surface area (Å²) in [4.78, 5) is 0. The third kappa shape index (κ3) is 4.29. The van der Waals surface area contributed by atoms with E-state index in [0.29, 0.717) is 0 Å². The summed E-state index contributed by atoms with van der Waals surface area (Å²) in [6, 6.07) is 18.6. The third-order valence-electron chi connectivity index (χ3n) is 4.62. The van der Waals surface area contributed by atoms with E-state index < -0.39 is 36.6 Å². The first-order valence-corrected chi connectivity index (χ1v) is 8.61. The van der Waals surface area contributed by atoms with E-state index in [1.165, 1.54) is 0 Å². The number of ether oxygens (including phenoxy) is 2. The summed E-state index contributed by atoms with van der Waals surface area (Å²) in [6.45, 7) is 0.321. The number of hydrogen-bond donors (Lipinski definition) is 4. The van der Waals surface area contributed by atoms with E-state index in [-0.39, 0.29) is 13.2 Å². The quantitative estimate of drug-likeness (QED) is 0.603. The molecular formula is C20H24O6. The second-order valence-electron chi connectivity index (χ2n) is 6.48. The molecule has 0 aliphatic heterocycles. The van der Waals surface area contributed by atoms with E-state index in [2.05, 4.69) is 0 Å². The van der Waals surface area contributed by atoms with Crippen molar-refractivity contribution in [2.24, 2.45) is 0 Å². The largest absolute Gasteiger partial charge is 0.387 e. The fourth-order valence-electron chi connectivity index (χ4n) is 3.11. The van der Waals surface area contributed by atoms with E-state index in [1.54, 1.807) is 0 Å². The SMILES string of the molecule is OC1[C@@H](O)[C@H](OCc2ccccc2)C(O)[C@@H](OCc2ccccc2)[C@@H]1O. The van der Waals surface area contributed by atoms with Crippen molar-refractivity contribution < 1.29 is 29.9 Å². The predicted molar refractivity (Wildman–Crippen MR) is 94.1 cm³/mol. The first-order chi connectivity index (χ1) is 12.6. The van der Waals surface area contributed by atoms with Gasteiger partial charge in [0.05, 0.1) is 13.2 Å². The van der Waals surface area contributed by atoms with Gasteiger partial charge in [-0.3, -0.25) is 0 Å². The molecular weight excluding hydrogens is 336 g/mol. The van der Waals surface area contributed by atoms with Crippen LogP contribution >= 0.6 is 0 Å². The molecule has 1 aliphatic carbocycles. The molecule has 0 amide bonds. The van der Waals surface area contributed by atoms with Gasteiger partial charge in [0, 0.05) is 0 Å². The normalized spacial score (nSPS) is 31.7. The highest BCUT2D eigenvalue weighted by atomic mass is 16.5. The Labute approximate surface area is 152 Å². The summed E-state index contributed by atoms with van der Waals surface area (Å²) >= 11 is 0. The van der Waals surface area contributed by atoms with E-state index in [1.807, 2.05) is 60.7 Å². The van der Waals surface area contributed by atoms with E-state index in [4.69, 9.17) is 9.47 Å². The second kappa shape index (κ2) is 8.73. The molecule has 3 rings (SSSR count). The molecule has 140 valence electrons. The van der Waals surface area contributed by atoms with Crippen LogP contribution in [0.1, 0.15) is 11.1 Å². The van der Waals surface area contributed by atoms with Crippen molar-refractivity contribution in [3.05, 3.63) is 71.8 Å². The molecule has 0 spiro atoms. The minimum atomic E-state index is -1.47. The lowest BCUT2D eigenvalue weighted by Gasteiger charge is -2.43. The smallest absolute Gasteiger partial charge is 0.115 e. The molecule has 0 heterocycles. The lowest BCUT2D eigenvalue weighted by molar-refractivity contribution is -0.250. The zero-order chi connectivity index (χ0) is 18.5. The van der Waals surface area contributed by atoms with Crippen LogP contribution in [0.15, 0.2) is 60.7 Å². The first-order valence-electron chi connectivity index (χ1n) is 8.61. The summed E-state index contributed by atoms with van der Waals surface area (Å²) < 4.78 is 11.3. The lowest BCUT2D eigenvalue weighted by atomic mass is 9.84. The van der Waals surface area contributed by atoms with Gasteiger partial charge >= 0.3 is 0 Å². The Hall–Kier alpha value is -1.80. The molecule has 26 heavy (non-hydrogen) atoms. The van der Waals surface area contributed by atoms with Crippen LogP contribution < -0.4 is 0 Å². The molecule has 6 nitrogen and oxygen atoms in total. The molecule has 2 aromatic carbocycles. The lowest BCUT2D eigenvalue weighted by Crippen LogP contribution is -2.64. The van der Waals surface area contributed by atoms with Crippen LogP contribution in [0.25, 0.3) is 0 Å². The Bertz CT molecular complexity index is 607. The van der Waals surface area contributed by atoms with Crippen molar-refractivity contribution in [1.29, 1.82) is 0 Å². The van der Waals surface area contributed by atoms with Gasteiger partial charge in [-0.1, -0.05) is 60.7 Å². The van der Waals surface area contributed by atoms with E-state index in [9.17, 15) is 20.4 Å². The monoisotopic (exact) mass is 360 g/mol. The molecule has 0 bridgehead atoms. The minimum Gasteiger partial charge on any atom is -0.387 e. The minimum absolute atomic E-state index is 0.161. The van der Waals surface area contributed by atoms with Crippen molar-refractivity contribution >= 4 is 0 Å². The van der Waals surface area contributed by atoms with Crippen molar-refractivity contribution in [2.45, 2.75) is 49.8 Å². The van der Waals surface area contributed by atoms with Gasteiger partial charge in [0.1, 0.15) is 36.6 Å². The Morgan fingerprint density at radius 2 is 0.923 bits per heavy atom. The standard InChI is InChI=1S/C20H24O6/c21-15-16(22)19(25-11-13-7-3-1-4-8-13)18(24)20(17(15)23)26-12-14-9-5-2-6-10-14/h1-10,15-24H,11-12H2/t15?,16-,17-,18?,19+,20+/m1/s1. The highest BCUT2D eigenvalue weighted by Crippen LogP contribution is 2.27. The second-order valence-corrected chi connectivity index (χ2v) is 6.48. The van der Waals surface area contributed by atoms with Crippen molar-refractivity contribution in [3.63, 3.8) is 0 Å². The van der Waals surface area contributed by atoms with E-state index in [0.717, 1.165) is 11.1 Å². The first kappa shape index (κ1) is 19.0. The molecule has 4 N–H and O–H groups in total. The zero-order valence-electron chi connectivity index (χ0n) is 14.3. The van der Waals surface area contributed by atoms with Gasteiger partial charge in [0.2, 0.25) is 0 Å². The summed E-state index contributed by atoms with van der Waals surface area (Å²) in [6.07, 6.45) is -7.74. The number of rotatable bonds is 6. The number of aliphatic hydroxyl groups excluding tert-OH is 4. The number of benzene rings is 2. The van der Waals surface area contributed by atoms with Crippen molar-refractivity contribution in [3.8, 4) is 0 Å². The number of aliphatic hydroxyl groups is 4. The van der Waals surface area contributed by atoms with Crippen LogP contribution in [-0.4, -0.2) is 57.0 Å². The van der Waals surface area contributed by atoms with Gasteiger partial charge in [-0.2, -0.15) is 0 Å². The maximum Gasteiger partial charge on any atom is 0.115 e. The highest BCUT2D eigenvalue weighted by Gasteiger charge is 2.50. The molecule has 0 radical (unpaired) electrons. The molecule has 6 heteroatoms. The molecule has 1 fully saturated rings. The van der Waals surface area contributed by atoms with Gasteiger partial charge in [-0.15, -0.1) is 0 Å². The van der Waals surface area contributed by atoms with Gasteiger partial charge in [-0.05, 0) is 11.1 Å². The average molecular weight is 360 g/mol. The molecule has 1 aliphatic rings. The van der Waals surface area contributed by atoms with Crippen LogP contribution in [0.4, 0.5) is 0 Å². The molecule has 2 aromatic rings. The Balaban J connectivity index is 1.66. The molecule has 0 aromatic heterocycles. The molecule has 0 saturated heterocycles. The summed E-state index contributed by atoms with van der Waals surface area (Å²) in [5.74, 6) is 0. The third-order valence-corrected chi connectivity index (χ3v) is 4.62. The summed E-state index contributed by atoms with van der Waals surface area (Å²) in [5, 5.41) is 41.1. The van der Waals surface area contributed by atoms with Gasteiger partial charge in [-0.25, -0.2) is 0 Å². The maximum absolute atomic E-state index is 10.6. The Morgan fingerprint density at radius 3 is 1.31 bits per heavy atom. The van der Waals surface area contributed by atoms with Crippen LogP contribution in [0, 0.1) is 0 Å². The predicted octanol–water partition coefficient (Wildman–Crippen LogP) is 0.614. The number of hydrogen-bond acceptors (Lipinski definition) is 6. The summed E-state index contributed by atoms with van der Waals surface area (Å²) in [5.41, 5.74) is 1.74. The molecule has 4 atom stereocenters. The maximum atomic E-state index is 10.6. The molecule has 0 unspecified atom stereocenters. The Morgan fingerprint density at radius 1 is 0.538 bits per heavy atom. The van der Waals surface area contributed by atoms with Crippen LogP contribution in [0.3, 0.4) is 0 Å². The molecule has 1 saturated carbocycles. The topological polar surface area (TPSA) is 99.4 Å². The van der Waals surface area contributed by atoms with Crippen LogP contribution in [-0.2, 0) is 22.7 Å². The summed E-state index contributed by atoms with van der Waals surface area (Å²) in [7, 11) is 0. The van der Waals surface area contributed by atoms with Gasteiger partial charge in [0.15, 0.2) is 0 Å². The van der Waals surface area contributed by atoms with Crippen molar-refractivity contribution in [2.75, 3.05) is 0 Å². The average Bonchev–Trinajstić information content (AvgIpc) is 2.68. The fourth-order valence-corrected chi connectivity index (χ4v) is 3.11. The van der Waals surface area contributed by atoms with Crippen LogP contribution in [0.5, 0.6) is 0 Å². The van der Waals surface area contributed by atoms with Gasteiger partial charge < -0.3 is 29.9 Å². The highest BCUT2D eigenvalue weighted by molar-refractivity contribution is 5.15. The van der Waals surface area contributed by atoms with Crippen LogP contribution in [0.2, 0.25) is 0 Å². The van der Waals surface area contributed by atoms with Gasteiger partial charge in [0.25, 0.3) is 0 Å². The zero-order valence-corrected chi connectivity index (χ0v) is 14.3.